The summed E-state index contributed by atoms with van der Waals surface area (Å²) < 4.78 is 5.42. The van der Waals surface area contributed by atoms with Gasteiger partial charge in [0, 0.05) is 18.0 Å². The van der Waals surface area contributed by atoms with Gasteiger partial charge in [-0.3, -0.25) is 9.69 Å². The van der Waals surface area contributed by atoms with E-state index in [9.17, 15) is 4.79 Å². The van der Waals surface area contributed by atoms with Crippen LogP contribution >= 0.6 is 0 Å². The lowest BCUT2D eigenvalue weighted by molar-refractivity contribution is -0.129. The maximum Gasteiger partial charge on any atom is 0.152 e. The third-order valence-corrected chi connectivity index (χ3v) is 3.00. The van der Waals surface area contributed by atoms with Gasteiger partial charge in [0.05, 0.1) is 19.8 Å². The number of carbonyl (C=O) groups is 1. The van der Waals surface area contributed by atoms with Gasteiger partial charge in [-0.2, -0.15) is 0 Å². The Hall–Kier alpha value is -0.410. The zero-order chi connectivity index (χ0) is 11.5. The molecule has 0 aromatic heterocycles. The largest absolute Gasteiger partial charge is 0.378 e. The van der Waals surface area contributed by atoms with Gasteiger partial charge >= 0.3 is 0 Å². The number of nitrogens with zero attached hydrogens (tertiary/aromatic N) is 1. The van der Waals surface area contributed by atoms with Crippen LogP contribution in [0.3, 0.4) is 0 Å². The van der Waals surface area contributed by atoms with Crippen molar-refractivity contribution < 1.29 is 9.53 Å². The van der Waals surface area contributed by atoms with Gasteiger partial charge in [0.25, 0.3) is 0 Å². The molecule has 0 N–H and O–H groups in total. The minimum atomic E-state index is -0.226. The first kappa shape index (κ1) is 12.7. The van der Waals surface area contributed by atoms with Crippen LogP contribution in [0, 0.1) is 5.41 Å². The van der Waals surface area contributed by atoms with Gasteiger partial charge in [-0.1, -0.05) is 27.7 Å². The highest BCUT2D eigenvalue weighted by atomic mass is 16.5. The molecular formula is C12H23NO2. The van der Waals surface area contributed by atoms with E-state index in [-0.39, 0.29) is 5.41 Å². The molecule has 1 heterocycles. The van der Waals surface area contributed by atoms with Crippen molar-refractivity contribution in [2.75, 3.05) is 26.3 Å². The second kappa shape index (κ2) is 5.08. The fourth-order valence-electron chi connectivity index (χ4n) is 1.69. The highest BCUT2D eigenvalue weighted by molar-refractivity contribution is 5.85. The Bertz CT molecular complexity index is 220. The predicted molar refractivity (Wildman–Crippen MR) is 60.9 cm³/mol. The lowest BCUT2D eigenvalue weighted by Gasteiger charge is -2.35. The van der Waals surface area contributed by atoms with E-state index in [2.05, 4.69) is 11.8 Å². The normalized spacial score (nSPS) is 24.1. The average Bonchev–Trinajstić information content (AvgIpc) is 2.17. The van der Waals surface area contributed by atoms with Crippen LogP contribution < -0.4 is 0 Å². The van der Waals surface area contributed by atoms with E-state index in [1.54, 1.807) is 0 Å². The van der Waals surface area contributed by atoms with Crippen molar-refractivity contribution in [3.8, 4) is 0 Å². The zero-order valence-electron chi connectivity index (χ0n) is 10.4. The molecular weight excluding hydrogens is 190 g/mol. The predicted octanol–water partition coefficient (Wildman–Crippen LogP) is 1.71. The average molecular weight is 213 g/mol. The Balaban J connectivity index is 2.52. The van der Waals surface area contributed by atoms with Crippen molar-refractivity contribution in [3.63, 3.8) is 0 Å². The Morgan fingerprint density at radius 1 is 1.47 bits per heavy atom. The van der Waals surface area contributed by atoms with Crippen LogP contribution in [0.2, 0.25) is 0 Å². The topological polar surface area (TPSA) is 29.5 Å². The van der Waals surface area contributed by atoms with E-state index in [1.165, 1.54) is 0 Å². The van der Waals surface area contributed by atoms with Crippen molar-refractivity contribution in [2.45, 2.75) is 40.2 Å². The minimum absolute atomic E-state index is 0.226. The molecule has 1 aliphatic heterocycles. The number of rotatable bonds is 3. The van der Waals surface area contributed by atoms with Crippen molar-refractivity contribution in [1.82, 2.24) is 4.90 Å². The first-order chi connectivity index (χ1) is 6.95. The van der Waals surface area contributed by atoms with Crippen molar-refractivity contribution in [3.05, 3.63) is 0 Å². The molecule has 0 aromatic carbocycles. The van der Waals surface area contributed by atoms with E-state index in [0.29, 0.717) is 18.4 Å². The fourth-order valence-corrected chi connectivity index (χ4v) is 1.69. The number of hydrogen-bond acceptors (Lipinski definition) is 3. The van der Waals surface area contributed by atoms with Gasteiger partial charge in [0.15, 0.2) is 5.78 Å². The molecule has 0 spiro atoms. The van der Waals surface area contributed by atoms with Gasteiger partial charge in [-0.15, -0.1) is 0 Å². The highest BCUT2D eigenvalue weighted by Gasteiger charge is 2.28. The number of hydrogen-bond donors (Lipinski definition) is 0. The summed E-state index contributed by atoms with van der Waals surface area (Å²) >= 11 is 0. The summed E-state index contributed by atoms with van der Waals surface area (Å²) in [4.78, 5) is 14.2. The molecule has 0 aliphatic carbocycles. The Labute approximate surface area is 92.8 Å². The Morgan fingerprint density at radius 2 is 2.13 bits per heavy atom. The van der Waals surface area contributed by atoms with E-state index in [1.807, 2.05) is 20.8 Å². The lowest BCUT2D eigenvalue weighted by atomic mass is 9.90. The molecule has 0 radical (unpaired) electrons. The monoisotopic (exact) mass is 213 g/mol. The van der Waals surface area contributed by atoms with Crippen LogP contribution in [-0.4, -0.2) is 43.0 Å². The van der Waals surface area contributed by atoms with Crippen molar-refractivity contribution in [1.29, 1.82) is 0 Å². The number of Topliss-reactive ketones (excluding diaryl/α,β-unsaturated/α-hetero) is 1. The molecule has 1 aliphatic rings. The third-order valence-electron chi connectivity index (χ3n) is 3.00. The molecule has 1 saturated heterocycles. The van der Waals surface area contributed by atoms with E-state index >= 15 is 0 Å². The summed E-state index contributed by atoms with van der Waals surface area (Å²) in [6, 6.07) is 0.421. The standard InChI is InChI=1S/C12H23NO2/c1-5-10-9-15-7-6-13(10)8-11(14)12(2,3)4/h10H,5-9H2,1-4H3. The Morgan fingerprint density at radius 3 is 2.67 bits per heavy atom. The lowest BCUT2D eigenvalue weighted by Crippen LogP contribution is -2.48. The highest BCUT2D eigenvalue weighted by Crippen LogP contribution is 2.18. The van der Waals surface area contributed by atoms with Crippen LogP contribution in [0.15, 0.2) is 0 Å². The molecule has 1 atom stereocenters. The number of ketones is 1. The molecule has 1 fully saturated rings. The van der Waals surface area contributed by atoms with Crippen molar-refractivity contribution in [2.24, 2.45) is 5.41 Å². The van der Waals surface area contributed by atoms with Crippen LogP contribution in [0.25, 0.3) is 0 Å². The first-order valence-electron chi connectivity index (χ1n) is 5.80. The molecule has 1 unspecified atom stereocenters. The molecule has 0 aromatic rings. The molecule has 3 nitrogen and oxygen atoms in total. The number of carbonyl (C=O) groups excluding carboxylic acids is 1. The number of morpholine rings is 1. The molecule has 0 amide bonds. The molecule has 88 valence electrons. The second-order valence-electron chi connectivity index (χ2n) is 5.28. The summed E-state index contributed by atoms with van der Waals surface area (Å²) in [5.74, 6) is 0.322. The minimum Gasteiger partial charge on any atom is -0.378 e. The molecule has 0 bridgehead atoms. The van der Waals surface area contributed by atoms with E-state index < -0.39 is 0 Å². The fraction of sp³-hybridized carbons (Fsp3) is 0.917. The second-order valence-corrected chi connectivity index (χ2v) is 5.28. The molecule has 0 saturated carbocycles. The zero-order valence-corrected chi connectivity index (χ0v) is 10.4. The van der Waals surface area contributed by atoms with Crippen LogP contribution in [0.4, 0.5) is 0 Å². The van der Waals surface area contributed by atoms with Crippen molar-refractivity contribution >= 4 is 5.78 Å². The summed E-state index contributed by atoms with van der Waals surface area (Å²) in [5.41, 5.74) is -0.226. The summed E-state index contributed by atoms with van der Waals surface area (Å²) in [7, 11) is 0. The maximum atomic E-state index is 11.9. The van der Waals surface area contributed by atoms with Gasteiger partial charge in [0.1, 0.15) is 0 Å². The Kier molecular flexibility index (Phi) is 4.29. The molecule has 15 heavy (non-hydrogen) atoms. The van der Waals surface area contributed by atoms with Gasteiger partial charge in [-0.25, -0.2) is 0 Å². The molecule has 3 heteroatoms. The van der Waals surface area contributed by atoms with Gasteiger partial charge < -0.3 is 4.74 Å². The smallest absolute Gasteiger partial charge is 0.152 e. The van der Waals surface area contributed by atoms with E-state index in [4.69, 9.17) is 4.74 Å². The van der Waals surface area contributed by atoms with Gasteiger partial charge in [-0.05, 0) is 6.42 Å². The van der Waals surface area contributed by atoms with Crippen LogP contribution in [-0.2, 0) is 9.53 Å². The summed E-state index contributed by atoms with van der Waals surface area (Å²) in [6.45, 7) is 11.1. The first-order valence-corrected chi connectivity index (χ1v) is 5.80. The van der Waals surface area contributed by atoms with E-state index in [0.717, 1.165) is 26.2 Å². The third kappa shape index (κ3) is 3.58. The van der Waals surface area contributed by atoms with Crippen LogP contribution in [0.5, 0.6) is 0 Å². The quantitative estimate of drug-likeness (QED) is 0.715. The summed E-state index contributed by atoms with van der Waals surface area (Å²) in [6.07, 6.45) is 1.05. The molecule has 1 rings (SSSR count). The number of ether oxygens (including phenoxy) is 1. The summed E-state index contributed by atoms with van der Waals surface area (Å²) in [5, 5.41) is 0. The van der Waals surface area contributed by atoms with Crippen LogP contribution in [0.1, 0.15) is 34.1 Å². The maximum absolute atomic E-state index is 11.9. The van der Waals surface area contributed by atoms with Gasteiger partial charge in [0.2, 0.25) is 0 Å². The SMILES string of the molecule is CCC1COCCN1CC(=O)C(C)(C)C.